The van der Waals surface area contributed by atoms with Crippen molar-refractivity contribution in [3.63, 3.8) is 0 Å². The van der Waals surface area contributed by atoms with Gasteiger partial charge in [0, 0.05) is 12.6 Å². The summed E-state index contributed by atoms with van der Waals surface area (Å²) in [5.74, 6) is 2.70. The van der Waals surface area contributed by atoms with Crippen molar-refractivity contribution in [2.75, 3.05) is 13.1 Å². The van der Waals surface area contributed by atoms with Crippen molar-refractivity contribution in [1.29, 1.82) is 0 Å². The molecule has 16 heavy (non-hydrogen) atoms. The van der Waals surface area contributed by atoms with Gasteiger partial charge in [0.2, 0.25) is 0 Å². The molecule has 1 aliphatic rings. The van der Waals surface area contributed by atoms with Crippen LogP contribution in [0.15, 0.2) is 12.7 Å². The van der Waals surface area contributed by atoms with Gasteiger partial charge in [-0.05, 0) is 25.7 Å². The molecule has 0 aromatic rings. The summed E-state index contributed by atoms with van der Waals surface area (Å²) in [7, 11) is 0. The Morgan fingerprint density at radius 3 is 2.75 bits per heavy atom. The zero-order chi connectivity index (χ0) is 11.8. The molecule has 0 radical (unpaired) electrons. The number of aliphatic hydroxyl groups excluding tert-OH is 1. The van der Waals surface area contributed by atoms with Gasteiger partial charge >= 0.3 is 0 Å². The molecule has 2 nitrogen and oxygen atoms in total. The van der Waals surface area contributed by atoms with Gasteiger partial charge in [0.15, 0.2) is 0 Å². The summed E-state index contributed by atoms with van der Waals surface area (Å²) >= 11 is 0. The summed E-state index contributed by atoms with van der Waals surface area (Å²) in [5, 5.41) is 9.88. The minimum atomic E-state index is -0.271. The molecule has 0 aromatic heterocycles. The number of nitrogens with zero attached hydrogens (tertiary/aromatic N) is 1. The first-order valence-electron chi connectivity index (χ1n) is 6.24. The van der Waals surface area contributed by atoms with Crippen molar-refractivity contribution < 1.29 is 5.11 Å². The molecule has 0 saturated heterocycles. The Morgan fingerprint density at radius 2 is 2.19 bits per heavy atom. The van der Waals surface area contributed by atoms with Gasteiger partial charge in [-0.25, -0.2) is 0 Å². The van der Waals surface area contributed by atoms with E-state index in [9.17, 15) is 5.11 Å². The monoisotopic (exact) mass is 221 g/mol. The van der Waals surface area contributed by atoms with Gasteiger partial charge in [-0.2, -0.15) is 0 Å². The third kappa shape index (κ3) is 4.38. The van der Waals surface area contributed by atoms with Crippen LogP contribution in [0.2, 0.25) is 0 Å². The van der Waals surface area contributed by atoms with Gasteiger partial charge in [0.1, 0.15) is 0 Å². The molecule has 1 N–H and O–H groups in total. The van der Waals surface area contributed by atoms with Crippen LogP contribution >= 0.6 is 0 Å². The fourth-order valence-electron chi connectivity index (χ4n) is 2.40. The molecule has 0 aromatic carbocycles. The molecule has 0 bridgehead atoms. The van der Waals surface area contributed by atoms with E-state index in [4.69, 9.17) is 6.42 Å². The lowest BCUT2D eigenvalue weighted by Crippen LogP contribution is -2.39. The molecule has 2 heteroatoms. The van der Waals surface area contributed by atoms with Crippen LogP contribution in [0.25, 0.3) is 0 Å². The maximum Gasteiger partial charge on any atom is 0.0670 e. The predicted octanol–water partition coefficient (Wildman–Crippen LogP) is 2.19. The van der Waals surface area contributed by atoms with E-state index in [1.54, 1.807) is 0 Å². The fraction of sp³-hybridized carbons (Fsp3) is 0.714. The van der Waals surface area contributed by atoms with Crippen LogP contribution in [0, 0.1) is 12.3 Å². The molecule has 1 saturated carbocycles. The van der Waals surface area contributed by atoms with Gasteiger partial charge in [0.25, 0.3) is 0 Å². The molecule has 0 spiro atoms. The maximum atomic E-state index is 9.88. The van der Waals surface area contributed by atoms with E-state index < -0.39 is 0 Å². The Balaban J connectivity index is 2.37. The van der Waals surface area contributed by atoms with E-state index in [0.29, 0.717) is 19.1 Å². The maximum absolute atomic E-state index is 9.88. The third-order valence-electron chi connectivity index (χ3n) is 3.28. The Morgan fingerprint density at radius 1 is 1.50 bits per heavy atom. The number of rotatable bonds is 7. The molecule has 0 amide bonds. The van der Waals surface area contributed by atoms with Gasteiger partial charge in [-0.15, -0.1) is 13.0 Å². The van der Waals surface area contributed by atoms with Crippen LogP contribution in [0.4, 0.5) is 0 Å². The second-order valence-electron chi connectivity index (χ2n) is 4.59. The van der Waals surface area contributed by atoms with E-state index >= 15 is 0 Å². The minimum absolute atomic E-state index is 0.271. The van der Waals surface area contributed by atoms with Crippen molar-refractivity contribution in [2.24, 2.45) is 0 Å². The van der Waals surface area contributed by atoms with E-state index in [0.717, 1.165) is 12.8 Å². The zero-order valence-corrected chi connectivity index (χ0v) is 10.1. The Hall–Kier alpha value is -0.780. The van der Waals surface area contributed by atoms with E-state index in [1.807, 2.05) is 6.08 Å². The second kappa shape index (κ2) is 7.49. The molecular weight excluding hydrogens is 198 g/mol. The average Bonchev–Trinajstić information content (AvgIpc) is 2.79. The topological polar surface area (TPSA) is 23.5 Å². The largest absolute Gasteiger partial charge is 0.392 e. The van der Waals surface area contributed by atoms with E-state index in [1.165, 1.54) is 25.7 Å². The summed E-state index contributed by atoms with van der Waals surface area (Å²) in [6.07, 6.45) is 13.7. The molecule has 1 fully saturated rings. The van der Waals surface area contributed by atoms with Crippen molar-refractivity contribution >= 4 is 0 Å². The smallest absolute Gasteiger partial charge is 0.0670 e. The summed E-state index contributed by atoms with van der Waals surface area (Å²) in [5.41, 5.74) is 0. The van der Waals surface area contributed by atoms with Gasteiger partial charge in [-0.1, -0.05) is 24.8 Å². The molecule has 0 heterocycles. The fourth-order valence-corrected chi connectivity index (χ4v) is 2.40. The molecule has 1 unspecified atom stereocenters. The summed E-state index contributed by atoms with van der Waals surface area (Å²) in [4.78, 5) is 2.26. The van der Waals surface area contributed by atoms with Gasteiger partial charge < -0.3 is 5.11 Å². The lowest BCUT2D eigenvalue weighted by Gasteiger charge is -2.28. The predicted molar refractivity (Wildman–Crippen MR) is 68.1 cm³/mol. The molecule has 90 valence electrons. The van der Waals surface area contributed by atoms with E-state index in [2.05, 4.69) is 17.4 Å². The highest BCUT2D eigenvalue weighted by Crippen LogP contribution is 2.23. The lowest BCUT2D eigenvalue weighted by molar-refractivity contribution is 0.0914. The van der Waals surface area contributed by atoms with Crippen LogP contribution in [-0.2, 0) is 0 Å². The Bertz CT molecular complexity index is 238. The third-order valence-corrected chi connectivity index (χ3v) is 3.28. The van der Waals surface area contributed by atoms with Crippen LogP contribution in [0.1, 0.15) is 38.5 Å². The summed E-state index contributed by atoms with van der Waals surface area (Å²) < 4.78 is 0. The van der Waals surface area contributed by atoms with Crippen molar-refractivity contribution in [2.45, 2.75) is 50.7 Å². The van der Waals surface area contributed by atoms with Crippen LogP contribution in [-0.4, -0.2) is 35.2 Å². The van der Waals surface area contributed by atoms with Gasteiger partial charge in [0.05, 0.1) is 12.6 Å². The lowest BCUT2D eigenvalue weighted by atomic mass is 10.1. The Kier molecular flexibility index (Phi) is 6.22. The SMILES string of the molecule is C#CCN(CC(O)CCC=C)C1CCCC1. The number of terminal acetylenes is 1. The Labute approximate surface area is 99.3 Å². The first kappa shape index (κ1) is 13.3. The first-order chi connectivity index (χ1) is 7.77. The standard InChI is InChI=1S/C14H23NO/c1-3-5-10-14(16)12-15(11-4-2)13-8-6-7-9-13/h2-3,13-14,16H,1,5-12H2. The van der Waals surface area contributed by atoms with Crippen LogP contribution in [0.3, 0.4) is 0 Å². The molecule has 1 atom stereocenters. The number of allylic oxidation sites excluding steroid dienone is 1. The number of hydrogen-bond donors (Lipinski definition) is 1. The average molecular weight is 221 g/mol. The van der Waals surface area contributed by atoms with E-state index in [-0.39, 0.29) is 6.10 Å². The zero-order valence-electron chi connectivity index (χ0n) is 10.1. The number of aliphatic hydroxyl groups is 1. The number of hydrogen-bond acceptors (Lipinski definition) is 2. The summed E-state index contributed by atoms with van der Waals surface area (Å²) in [6.45, 7) is 5.04. The second-order valence-corrected chi connectivity index (χ2v) is 4.59. The highest BCUT2D eigenvalue weighted by atomic mass is 16.3. The molecule has 1 aliphatic carbocycles. The highest BCUT2D eigenvalue weighted by molar-refractivity contribution is 4.92. The quantitative estimate of drug-likeness (QED) is 0.526. The first-order valence-corrected chi connectivity index (χ1v) is 6.24. The van der Waals surface area contributed by atoms with Gasteiger partial charge in [-0.3, -0.25) is 4.90 Å². The van der Waals surface area contributed by atoms with Crippen LogP contribution < -0.4 is 0 Å². The van der Waals surface area contributed by atoms with Crippen molar-refractivity contribution in [3.8, 4) is 12.3 Å². The minimum Gasteiger partial charge on any atom is -0.392 e. The summed E-state index contributed by atoms with van der Waals surface area (Å²) in [6, 6.07) is 0.592. The molecular formula is C14H23NO. The van der Waals surface area contributed by atoms with Crippen molar-refractivity contribution in [3.05, 3.63) is 12.7 Å². The van der Waals surface area contributed by atoms with Crippen LogP contribution in [0.5, 0.6) is 0 Å². The molecule has 0 aliphatic heterocycles. The van der Waals surface area contributed by atoms with Crippen molar-refractivity contribution in [1.82, 2.24) is 4.90 Å². The molecule has 1 rings (SSSR count). The normalized spacial score (nSPS) is 18.6. The highest BCUT2D eigenvalue weighted by Gasteiger charge is 2.23.